The molecule has 4 aromatic rings. The second kappa shape index (κ2) is 14.0. The highest BCUT2D eigenvalue weighted by atomic mass is 35.5. The van der Waals surface area contributed by atoms with Crippen LogP contribution in [0.25, 0.3) is 0 Å². The molecule has 0 aromatic heterocycles. The van der Waals surface area contributed by atoms with Gasteiger partial charge in [0.2, 0.25) is 11.8 Å². The molecule has 4 rings (SSSR count). The number of carbonyl (C=O) groups is 2. The molecule has 0 saturated heterocycles. The number of halogens is 1. The lowest BCUT2D eigenvalue weighted by molar-refractivity contribution is -0.140. The van der Waals surface area contributed by atoms with Gasteiger partial charge >= 0.3 is 0 Å². The van der Waals surface area contributed by atoms with E-state index in [1.165, 1.54) is 0 Å². The van der Waals surface area contributed by atoms with Gasteiger partial charge in [-0.1, -0.05) is 91.0 Å². The monoisotopic (exact) mass is 556 g/mol. The first-order valence-corrected chi connectivity index (χ1v) is 12.6. The van der Waals surface area contributed by atoms with Crippen molar-refractivity contribution in [1.82, 2.24) is 4.90 Å². The highest BCUT2D eigenvalue weighted by Gasteiger charge is 2.34. The molecule has 0 heterocycles. The third kappa shape index (κ3) is 7.27. The first kappa shape index (κ1) is 29.9. The maximum atomic E-state index is 14.5. The van der Waals surface area contributed by atoms with Gasteiger partial charge in [0.15, 0.2) is 0 Å². The van der Waals surface area contributed by atoms with Crippen molar-refractivity contribution in [3.8, 4) is 5.75 Å². The summed E-state index contributed by atoms with van der Waals surface area (Å²) in [7, 11) is 1.59. The number of nitrogens with two attached hydrogens (primary N) is 2. The summed E-state index contributed by atoms with van der Waals surface area (Å²) >= 11 is 0. The molecule has 0 aliphatic carbocycles. The van der Waals surface area contributed by atoms with E-state index in [2.05, 4.69) is 0 Å². The summed E-state index contributed by atoms with van der Waals surface area (Å²) < 4.78 is 5.29. The number of ether oxygens (including phenoxy) is 1. The standard InChI is InChI=1S/C32H32N4O3.ClH/c1-39-27-17-15-22(16-18-27)21-36(28(31(35)37)20-23-9-8-14-26(19-23)30(33)34)32(38)29(24-10-4-2-5-11-24)25-12-6-3-7-13-25;/h2-19,28-29H,20-21H2,1H3,(H3,33,34)(H2,35,37);1H/t28-;/m1./s1. The number of nitrogens with zero attached hydrogens (tertiary/aromatic N) is 1. The lowest BCUT2D eigenvalue weighted by atomic mass is 9.88. The van der Waals surface area contributed by atoms with Gasteiger partial charge in [-0.3, -0.25) is 15.0 Å². The smallest absolute Gasteiger partial charge is 0.240 e. The molecule has 0 bridgehead atoms. The van der Waals surface area contributed by atoms with Gasteiger partial charge in [-0.2, -0.15) is 0 Å². The Labute approximate surface area is 240 Å². The molecule has 7 nitrogen and oxygen atoms in total. The zero-order valence-electron chi connectivity index (χ0n) is 22.2. The fraction of sp³-hybridized carbons (Fsp3) is 0.156. The SMILES string of the molecule is COc1ccc(CN(C(=O)C(c2ccccc2)c2ccccc2)[C@H](Cc2cccc(C(=N)N)c2)C(N)=O)cc1.Cl. The van der Waals surface area contributed by atoms with Crippen molar-refractivity contribution in [2.24, 2.45) is 11.5 Å². The number of hydrogen-bond donors (Lipinski definition) is 3. The van der Waals surface area contributed by atoms with E-state index in [-0.39, 0.29) is 37.1 Å². The van der Waals surface area contributed by atoms with Gasteiger partial charge in [0.1, 0.15) is 17.6 Å². The topological polar surface area (TPSA) is 122 Å². The molecular weight excluding hydrogens is 524 g/mol. The summed E-state index contributed by atoms with van der Waals surface area (Å²) in [6.07, 6.45) is 0.175. The molecule has 206 valence electrons. The minimum Gasteiger partial charge on any atom is -0.497 e. The van der Waals surface area contributed by atoms with Gasteiger partial charge < -0.3 is 21.1 Å². The van der Waals surface area contributed by atoms with Gasteiger partial charge in [-0.15, -0.1) is 12.4 Å². The normalized spacial score (nSPS) is 11.2. The molecule has 0 aliphatic heterocycles. The molecule has 4 aromatic carbocycles. The number of rotatable bonds is 11. The van der Waals surface area contributed by atoms with Crippen LogP contribution in [0.2, 0.25) is 0 Å². The van der Waals surface area contributed by atoms with Crippen molar-refractivity contribution in [3.63, 3.8) is 0 Å². The summed E-state index contributed by atoms with van der Waals surface area (Å²) in [6, 6.07) is 32.6. The largest absolute Gasteiger partial charge is 0.497 e. The fourth-order valence-electron chi connectivity index (χ4n) is 4.66. The van der Waals surface area contributed by atoms with Crippen LogP contribution in [0.4, 0.5) is 0 Å². The minimum absolute atomic E-state index is 0. The van der Waals surface area contributed by atoms with Crippen LogP contribution < -0.4 is 16.2 Å². The predicted molar refractivity (Wildman–Crippen MR) is 160 cm³/mol. The van der Waals surface area contributed by atoms with Gasteiger partial charge in [0, 0.05) is 18.5 Å². The Bertz CT molecular complexity index is 1390. The quantitative estimate of drug-likeness (QED) is 0.184. The van der Waals surface area contributed by atoms with E-state index in [9.17, 15) is 9.59 Å². The maximum absolute atomic E-state index is 14.5. The van der Waals surface area contributed by atoms with E-state index in [1.807, 2.05) is 91.0 Å². The molecule has 1 atom stereocenters. The summed E-state index contributed by atoms with van der Waals surface area (Å²) in [5.41, 5.74) is 15.4. The van der Waals surface area contributed by atoms with E-state index in [0.717, 1.165) is 22.3 Å². The summed E-state index contributed by atoms with van der Waals surface area (Å²) in [5, 5.41) is 7.79. The van der Waals surface area contributed by atoms with E-state index in [0.29, 0.717) is 11.3 Å². The van der Waals surface area contributed by atoms with Crippen molar-refractivity contribution < 1.29 is 14.3 Å². The molecule has 8 heteroatoms. The van der Waals surface area contributed by atoms with Crippen LogP contribution in [-0.2, 0) is 22.6 Å². The van der Waals surface area contributed by atoms with Crippen LogP contribution >= 0.6 is 12.4 Å². The minimum atomic E-state index is -0.947. The predicted octanol–water partition coefficient (Wildman–Crippen LogP) is 4.66. The van der Waals surface area contributed by atoms with Crippen LogP contribution in [0.3, 0.4) is 0 Å². The van der Waals surface area contributed by atoms with Gasteiger partial charge in [0.05, 0.1) is 13.0 Å². The summed E-state index contributed by atoms with van der Waals surface area (Å²) in [4.78, 5) is 29.1. The average Bonchev–Trinajstić information content (AvgIpc) is 2.96. The highest BCUT2D eigenvalue weighted by Crippen LogP contribution is 2.29. The number of amides is 2. The second-order valence-corrected chi connectivity index (χ2v) is 9.30. The van der Waals surface area contributed by atoms with E-state index in [4.69, 9.17) is 21.6 Å². The van der Waals surface area contributed by atoms with Crippen molar-refractivity contribution in [3.05, 3.63) is 137 Å². The van der Waals surface area contributed by atoms with E-state index >= 15 is 0 Å². The molecular formula is C32H33ClN4O3. The average molecular weight is 557 g/mol. The van der Waals surface area contributed by atoms with Crippen LogP contribution in [0.15, 0.2) is 109 Å². The molecule has 0 aliphatic rings. The summed E-state index contributed by atoms with van der Waals surface area (Å²) in [6.45, 7) is 0.166. The summed E-state index contributed by atoms with van der Waals surface area (Å²) in [5.74, 6) is -0.891. The lowest BCUT2D eigenvalue weighted by Crippen LogP contribution is -2.50. The molecule has 5 N–H and O–H groups in total. The Morgan fingerprint density at radius 2 is 1.38 bits per heavy atom. The van der Waals surface area contributed by atoms with Crippen LogP contribution in [0, 0.1) is 5.41 Å². The van der Waals surface area contributed by atoms with Crippen molar-refractivity contribution in [1.29, 1.82) is 5.41 Å². The van der Waals surface area contributed by atoms with Crippen LogP contribution in [-0.4, -0.2) is 35.7 Å². The maximum Gasteiger partial charge on any atom is 0.240 e. The molecule has 0 saturated carbocycles. The fourth-order valence-corrected chi connectivity index (χ4v) is 4.66. The third-order valence-corrected chi connectivity index (χ3v) is 6.68. The number of nitrogens with one attached hydrogen (secondary N) is 1. The number of carbonyl (C=O) groups excluding carboxylic acids is 2. The lowest BCUT2D eigenvalue weighted by Gasteiger charge is -2.33. The number of nitrogen functional groups attached to an aromatic ring is 1. The molecule has 0 fully saturated rings. The third-order valence-electron chi connectivity index (χ3n) is 6.68. The Morgan fingerprint density at radius 1 is 0.800 bits per heavy atom. The molecule has 40 heavy (non-hydrogen) atoms. The first-order chi connectivity index (χ1) is 18.9. The Morgan fingerprint density at radius 3 is 1.88 bits per heavy atom. The van der Waals surface area contributed by atoms with Gasteiger partial charge in [0.25, 0.3) is 0 Å². The Hall–Kier alpha value is -4.62. The second-order valence-electron chi connectivity index (χ2n) is 9.30. The van der Waals surface area contributed by atoms with E-state index < -0.39 is 17.9 Å². The van der Waals surface area contributed by atoms with Crippen molar-refractivity contribution in [2.75, 3.05) is 7.11 Å². The van der Waals surface area contributed by atoms with Crippen LogP contribution in [0.5, 0.6) is 5.75 Å². The number of methoxy groups -OCH3 is 1. The van der Waals surface area contributed by atoms with Crippen LogP contribution in [0.1, 0.15) is 33.7 Å². The Balaban J connectivity index is 0.00000441. The number of primary amides is 1. The molecule has 0 spiro atoms. The van der Waals surface area contributed by atoms with Gasteiger partial charge in [-0.05, 0) is 40.5 Å². The van der Waals surface area contributed by atoms with Crippen molar-refractivity contribution in [2.45, 2.75) is 24.9 Å². The molecule has 0 unspecified atom stereocenters. The Kier molecular flexibility index (Phi) is 10.4. The highest BCUT2D eigenvalue weighted by molar-refractivity contribution is 5.95. The zero-order chi connectivity index (χ0) is 27.8. The zero-order valence-corrected chi connectivity index (χ0v) is 23.0. The number of amidine groups is 1. The molecule has 0 radical (unpaired) electrons. The number of hydrogen-bond acceptors (Lipinski definition) is 4. The number of benzene rings is 4. The van der Waals surface area contributed by atoms with Gasteiger partial charge in [-0.25, -0.2) is 0 Å². The molecule has 2 amide bonds. The first-order valence-electron chi connectivity index (χ1n) is 12.6. The van der Waals surface area contributed by atoms with E-state index in [1.54, 1.807) is 30.2 Å². The van der Waals surface area contributed by atoms with Crippen molar-refractivity contribution >= 4 is 30.1 Å².